The Hall–Kier alpha value is -3.83. The van der Waals surface area contributed by atoms with Crippen molar-refractivity contribution in [3.05, 3.63) is 54.1 Å². The summed E-state index contributed by atoms with van der Waals surface area (Å²) in [4.78, 5) is 38.1. The summed E-state index contributed by atoms with van der Waals surface area (Å²) in [5, 5.41) is 10.1. The lowest BCUT2D eigenvalue weighted by Gasteiger charge is -2.45. The van der Waals surface area contributed by atoms with Crippen molar-refractivity contribution in [1.82, 2.24) is 24.5 Å². The maximum atomic E-state index is 13.2. The Bertz CT molecular complexity index is 1460. The number of nitrogens with zero attached hydrogens (tertiary/aromatic N) is 5. The van der Waals surface area contributed by atoms with Crippen LogP contribution in [0.25, 0.3) is 15.4 Å². The molecule has 2 N–H and O–H groups in total. The van der Waals surface area contributed by atoms with E-state index in [2.05, 4.69) is 44.4 Å². The molecule has 190 valence electrons. The zero-order valence-electron chi connectivity index (χ0n) is 20.5. The van der Waals surface area contributed by atoms with Gasteiger partial charge in [0.15, 0.2) is 0 Å². The van der Waals surface area contributed by atoms with Gasteiger partial charge in [0.25, 0.3) is 5.91 Å². The van der Waals surface area contributed by atoms with E-state index in [0.29, 0.717) is 39.9 Å². The molecule has 10 nitrogen and oxygen atoms in total. The fraction of sp³-hybridized carbons (Fsp3) is 0.320. The standard InChI is InChI=1S/C25H27N7O3S.2H2/c1-15-19(8-16(9-26-15)28-21(33)12-31-13-25(2,3)14-31)30-23(34)17-10-27-32-11-20(36-24(17)32)18-6-5-7-22(29-18)35-4;;/h5-11H,12-14H2,1-4H3,(H,28,33)(H,30,34);2*1H. The average molecular weight is 510 g/mol. The Morgan fingerprint density at radius 2 is 2.03 bits per heavy atom. The number of thiazole rings is 1. The van der Waals surface area contributed by atoms with Gasteiger partial charge in [-0.25, -0.2) is 9.50 Å². The first-order valence-electron chi connectivity index (χ1n) is 11.5. The highest BCUT2D eigenvalue weighted by molar-refractivity contribution is 7.21. The Kier molecular flexibility index (Phi) is 6.19. The summed E-state index contributed by atoms with van der Waals surface area (Å²) >= 11 is 1.41. The molecular formula is C25H31N7O3S. The van der Waals surface area contributed by atoms with Crippen LogP contribution in [0.5, 0.6) is 5.88 Å². The number of hydrogen-bond donors (Lipinski definition) is 2. The van der Waals surface area contributed by atoms with Gasteiger partial charge >= 0.3 is 0 Å². The summed E-state index contributed by atoms with van der Waals surface area (Å²) in [5.74, 6) is 0.0948. The lowest BCUT2D eigenvalue weighted by Crippen LogP contribution is -2.54. The minimum atomic E-state index is -0.312. The number of aryl methyl sites for hydroxylation is 1. The van der Waals surface area contributed by atoms with Crippen LogP contribution in [0.2, 0.25) is 0 Å². The molecule has 4 aromatic rings. The molecule has 0 atom stereocenters. The van der Waals surface area contributed by atoms with Crippen LogP contribution in [0.15, 0.2) is 42.9 Å². The molecule has 0 unspecified atom stereocenters. The molecule has 1 fully saturated rings. The van der Waals surface area contributed by atoms with Crippen LogP contribution in [0.1, 0.15) is 32.8 Å². The summed E-state index contributed by atoms with van der Waals surface area (Å²) in [6.07, 6.45) is 4.96. The van der Waals surface area contributed by atoms with Crippen molar-refractivity contribution in [2.75, 3.05) is 37.4 Å². The van der Waals surface area contributed by atoms with Gasteiger partial charge in [-0.2, -0.15) is 5.10 Å². The SMILES string of the molecule is COc1cccc(-c2cn3ncc(C(=O)Nc4cc(NC(=O)CN5CC(C)(C)C5)cnc4C)c3s2)n1.[HH].[HH]. The van der Waals surface area contributed by atoms with Crippen molar-refractivity contribution in [2.45, 2.75) is 20.8 Å². The molecule has 0 aromatic carbocycles. The predicted molar refractivity (Wildman–Crippen MR) is 143 cm³/mol. The minimum absolute atomic E-state index is 0. The Morgan fingerprint density at radius 3 is 2.78 bits per heavy atom. The highest BCUT2D eigenvalue weighted by Crippen LogP contribution is 2.31. The minimum Gasteiger partial charge on any atom is -0.481 e. The lowest BCUT2D eigenvalue weighted by atomic mass is 9.84. The van der Waals surface area contributed by atoms with E-state index in [9.17, 15) is 9.59 Å². The van der Waals surface area contributed by atoms with E-state index in [-0.39, 0.29) is 20.1 Å². The van der Waals surface area contributed by atoms with Gasteiger partial charge in [-0.05, 0) is 24.5 Å². The number of hydrogen-bond acceptors (Lipinski definition) is 8. The number of ether oxygens (including phenoxy) is 1. The van der Waals surface area contributed by atoms with E-state index in [1.54, 1.807) is 36.9 Å². The lowest BCUT2D eigenvalue weighted by molar-refractivity contribution is -0.120. The second-order valence-electron chi connectivity index (χ2n) is 9.64. The van der Waals surface area contributed by atoms with Gasteiger partial charge in [0.1, 0.15) is 4.83 Å². The molecule has 11 heteroatoms. The van der Waals surface area contributed by atoms with E-state index >= 15 is 0 Å². The van der Waals surface area contributed by atoms with Gasteiger partial charge in [0.2, 0.25) is 11.8 Å². The number of methoxy groups -OCH3 is 1. The third kappa shape index (κ3) is 4.93. The molecule has 0 radical (unpaired) electrons. The normalized spacial score (nSPS) is 14.9. The second kappa shape index (κ2) is 9.32. The molecule has 1 aliphatic rings. The summed E-state index contributed by atoms with van der Waals surface area (Å²) in [5.41, 5.74) is 3.12. The van der Waals surface area contributed by atoms with Crippen LogP contribution in [0, 0.1) is 12.3 Å². The van der Waals surface area contributed by atoms with Gasteiger partial charge in [-0.15, -0.1) is 11.3 Å². The van der Waals surface area contributed by atoms with Crippen molar-refractivity contribution in [2.24, 2.45) is 5.41 Å². The summed E-state index contributed by atoms with van der Waals surface area (Å²) in [7, 11) is 1.57. The highest BCUT2D eigenvalue weighted by Gasteiger charge is 2.34. The van der Waals surface area contributed by atoms with Crippen LogP contribution in [0.3, 0.4) is 0 Å². The largest absolute Gasteiger partial charge is 0.481 e. The van der Waals surface area contributed by atoms with Gasteiger partial charge < -0.3 is 15.4 Å². The van der Waals surface area contributed by atoms with E-state index < -0.39 is 0 Å². The molecule has 0 bridgehead atoms. The van der Waals surface area contributed by atoms with Crippen LogP contribution < -0.4 is 15.4 Å². The van der Waals surface area contributed by atoms with Crippen molar-refractivity contribution >= 4 is 39.4 Å². The third-order valence-corrected chi connectivity index (χ3v) is 7.05. The maximum Gasteiger partial charge on any atom is 0.260 e. The van der Waals surface area contributed by atoms with Crippen molar-refractivity contribution in [3.63, 3.8) is 0 Å². The predicted octanol–water partition coefficient (Wildman–Crippen LogP) is 4.19. The molecule has 5 heterocycles. The summed E-state index contributed by atoms with van der Waals surface area (Å²) in [6.45, 7) is 8.28. The van der Waals surface area contributed by atoms with Gasteiger partial charge in [-0.3, -0.25) is 19.5 Å². The van der Waals surface area contributed by atoms with Crippen LogP contribution in [-0.4, -0.2) is 63.0 Å². The molecule has 0 aliphatic carbocycles. The monoisotopic (exact) mass is 509 g/mol. The topological polar surface area (TPSA) is 114 Å². The van der Waals surface area contributed by atoms with Crippen LogP contribution >= 0.6 is 11.3 Å². The van der Waals surface area contributed by atoms with E-state index in [4.69, 9.17) is 4.74 Å². The first-order chi connectivity index (χ1) is 17.2. The molecule has 2 amide bonds. The number of pyridine rings is 2. The third-order valence-electron chi connectivity index (χ3n) is 5.92. The zero-order chi connectivity index (χ0) is 25.4. The molecular weight excluding hydrogens is 478 g/mol. The quantitative estimate of drug-likeness (QED) is 0.384. The number of carbonyl (C=O) groups is 2. The fourth-order valence-corrected chi connectivity index (χ4v) is 5.35. The van der Waals surface area contributed by atoms with E-state index in [1.807, 2.05) is 18.3 Å². The highest BCUT2D eigenvalue weighted by atomic mass is 32.1. The molecule has 4 aromatic heterocycles. The molecule has 1 saturated heterocycles. The Balaban J connectivity index is 0.00000200. The smallest absolute Gasteiger partial charge is 0.260 e. The number of amides is 2. The Labute approximate surface area is 215 Å². The van der Waals surface area contributed by atoms with Gasteiger partial charge in [0.05, 0.1) is 59.3 Å². The van der Waals surface area contributed by atoms with Crippen molar-refractivity contribution in [3.8, 4) is 16.5 Å². The summed E-state index contributed by atoms with van der Waals surface area (Å²) in [6, 6.07) is 7.24. The molecule has 36 heavy (non-hydrogen) atoms. The van der Waals surface area contributed by atoms with E-state index in [1.165, 1.54) is 17.5 Å². The van der Waals surface area contributed by atoms with Crippen molar-refractivity contribution in [1.29, 1.82) is 0 Å². The van der Waals surface area contributed by atoms with Gasteiger partial charge in [-0.1, -0.05) is 19.9 Å². The number of nitrogens with one attached hydrogen (secondary N) is 2. The first kappa shape index (κ1) is 23.9. The fourth-order valence-electron chi connectivity index (χ4n) is 4.32. The van der Waals surface area contributed by atoms with Crippen LogP contribution in [-0.2, 0) is 4.79 Å². The average Bonchev–Trinajstić information content (AvgIpc) is 3.41. The number of fused-ring (bicyclic) bond motifs is 1. The number of anilines is 2. The number of carbonyl (C=O) groups excluding carboxylic acids is 2. The summed E-state index contributed by atoms with van der Waals surface area (Å²) < 4.78 is 6.87. The number of rotatable bonds is 7. The molecule has 0 saturated carbocycles. The van der Waals surface area contributed by atoms with Gasteiger partial charge in [0, 0.05) is 28.2 Å². The molecule has 1 aliphatic heterocycles. The first-order valence-corrected chi connectivity index (χ1v) is 12.3. The van der Waals surface area contributed by atoms with Crippen molar-refractivity contribution < 1.29 is 17.2 Å². The maximum absolute atomic E-state index is 13.2. The number of aromatic nitrogens is 4. The van der Waals surface area contributed by atoms with Crippen LogP contribution in [0.4, 0.5) is 11.4 Å². The zero-order valence-corrected chi connectivity index (χ0v) is 21.3. The molecule has 0 spiro atoms. The van der Waals surface area contributed by atoms with E-state index in [0.717, 1.165) is 23.7 Å². The Morgan fingerprint density at radius 1 is 1.22 bits per heavy atom. The second-order valence-corrected chi connectivity index (χ2v) is 10.7. The number of likely N-dealkylation sites (tertiary alicyclic amines) is 1. The molecule has 5 rings (SSSR count).